The molecule has 0 radical (unpaired) electrons. The zero-order valence-corrected chi connectivity index (χ0v) is 21.8. The summed E-state index contributed by atoms with van der Waals surface area (Å²) in [7, 11) is 4.24. The quantitative estimate of drug-likeness (QED) is 0.282. The van der Waals surface area contributed by atoms with Gasteiger partial charge in [0.05, 0.1) is 0 Å². The number of hydrogen-bond donors (Lipinski definition) is 0. The second-order valence-corrected chi connectivity index (χ2v) is 9.65. The molecule has 0 amide bonds. The van der Waals surface area contributed by atoms with Crippen molar-refractivity contribution in [3.8, 4) is 22.3 Å². The Balaban J connectivity index is 1.46. The van der Waals surface area contributed by atoms with Gasteiger partial charge in [0.15, 0.2) is 0 Å². The Morgan fingerprint density at radius 3 is 1.13 bits per heavy atom. The lowest BCUT2D eigenvalue weighted by Crippen LogP contribution is -2.15. The summed E-state index contributed by atoms with van der Waals surface area (Å²) in [6.45, 7) is 0. The van der Waals surface area contributed by atoms with Gasteiger partial charge < -0.3 is 9.80 Å². The molecule has 0 spiro atoms. The van der Waals surface area contributed by atoms with Gasteiger partial charge in [0.25, 0.3) is 0 Å². The minimum Gasteiger partial charge on any atom is -0.351 e. The van der Waals surface area contributed by atoms with E-state index in [9.17, 15) is 0 Å². The molecule has 184 valence electrons. The van der Waals surface area contributed by atoms with Gasteiger partial charge in [0.1, 0.15) is 0 Å². The Labute approximate surface area is 225 Å². The lowest BCUT2D eigenvalue weighted by Gasteiger charge is -2.28. The topological polar surface area (TPSA) is 6.48 Å². The first-order valence-electron chi connectivity index (χ1n) is 13.0. The van der Waals surface area contributed by atoms with E-state index in [0.29, 0.717) is 0 Å². The highest BCUT2D eigenvalue weighted by Gasteiger charge is 2.19. The van der Waals surface area contributed by atoms with E-state index in [2.05, 4.69) is 170 Å². The largest absolute Gasteiger partial charge is 0.351 e. The van der Waals surface area contributed by atoms with Crippen molar-refractivity contribution in [3.63, 3.8) is 0 Å². The molecular formula is C36H30N2. The molecule has 38 heavy (non-hydrogen) atoms. The number of hydrogen-bond acceptors (Lipinski definition) is 2. The lowest BCUT2D eigenvalue weighted by atomic mass is 9.92. The molecule has 0 saturated heterocycles. The first kappa shape index (κ1) is 23.6. The zero-order chi connectivity index (χ0) is 25.9. The van der Waals surface area contributed by atoms with Crippen LogP contribution in [0.3, 0.4) is 0 Å². The van der Waals surface area contributed by atoms with Crippen LogP contribution in [-0.2, 0) is 0 Å². The lowest BCUT2D eigenvalue weighted by molar-refractivity contribution is 0.646. The van der Waals surface area contributed by atoms with Crippen molar-refractivity contribution in [2.24, 2.45) is 0 Å². The number of nitrogens with zero attached hydrogens (tertiary/aromatic N) is 2. The van der Waals surface area contributed by atoms with E-state index in [-0.39, 0.29) is 0 Å². The Morgan fingerprint density at radius 2 is 0.737 bits per heavy atom. The van der Waals surface area contributed by atoms with Crippen molar-refractivity contribution in [2.75, 3.05) is 14.1 Å². The smallest absolute Gasteiger partial charge is 0.0489 e. The summed E-state index contributed by atoms with van der Waals surface area (Å²) in [6.07, 6.45) is 13.4. The Morgan fingerprint density at radius 1 is 0.395 bits per heavy atom. The van der Waals surface area contributed by atoms with Crippen LogP contribution in [0.2, 0.25) is 0 Å². The van der Waals surface area contributed by atoms with Crippen molar-refractivity contribution in [3.05, 3.63) is 168 Å². The Kier molecular flexibility index (Phi) is 6.37. The maximum absolute atomic E-state index is 2.31. The molecule has 2 nitrogen and oxygen atoms in total. The fourth-order valence-electron chi connectivity index (χ4n) is 5.19. The van der Waals surface area contributed by atoms with E-state index in [1.54, 1.807) is 0 Å². The van der Waals surface area contributed by atoms with Gasteiger partial charge in [-0.05, 0) is 57.7 Å². The van der Waals surface area contributed by atoms with E-state index >= 15 is 0 Å². The van der Waals surface area contributed by atoms with Gasteiger partial charge in [-0.25, -0.2) is 0 Å². The molecule has 0 saturated carbocycles. The van der Waals surface area contributed by atoms with Crippen molar-refractivity contribution in [2.45, 2.75) is 0 Å². The van der Waals surface area contributed by atoms with Crippen LogP contribution in [0.5, 0.6) is 0 Å². The number of rotatable bonds is 4. The van der Waals surface area contributed by atoms with Crippen LogP contribution in [0.4, 0.5) is 0 Å². The molecular weight excluding hydrogens is 460 g/mol. The Bertz CT molecular complexity index is 1500. The second kappa shape index (κ2) is 10.3. The first-order valence-corrected chi connectivity index (χ1v) is 13.0. The zero-order valence-electron chi connectivity index (χ0n) is 21.8. The van der Waals surface area contributed by atoms with Gasteiger partial charge in [-0.3, -0.25) is 0 Å². The maximum atomic E-state index is 2.31. The third-order valence-electron chi connectivity index (χ3n) is 7.21. The average Bonchev–Trinajstić information content (AvgIpc) is 2.99. The Hall–Kier alpha value is -4.82. The van der Waals surface area contributed by atoms with Gasteiger partial charge in [0, 0.05) is 49.0 Å². The monoisotopic (exact) mass is 490 g/mol. The van der Waals surface area contributed by atoms with Crippen LogP contribution in [-0.4, -0.2) is 23.9 Å². The van der Waals surface area contributed by atoms with Crippen LogP contribution in [0.25, 0.3) is 33.6 Å². The van der Waals surface area contributed by atoms with Crippen LogP contribution in [0.15, 0.2) is 157 Å². The van der Waals surface area contributed by atoms with E-state index in [0.717, 1.165) is 0 Å². The molecule has 0 atom stereocenters. The predicted octanol–water partition coefficient (Wildman–Crippen LogP) is 8.62. The van der Waals surface area contributed by atoms with E-state index in [1.165, 1.54) is 55.9 Å². The fraction of sp³-hybridized carbons (Fsp3) is 0.0556. The highest BCUT2D eigenvalue weighted by molar-refractivity contribution is 5.85. The fourth-order valence-corrected chi connectivity index (χ4v) is 5.19. The van der Waals surface area contributed by atoms with E-state index in [1.807, 2.05) is 0 Å². The van der Waals surface area contributed by atoms with Crippen LogP contribution < -0.4 is 0 Å². The molecule has 0 bridgehead atoms. The maximum Gasteiger partial charge on any atom is 0.0489 e. The number of allylic oxidation sites excluding steroid dienone is 6. The molecule has 2 heteroatoms. The van der Waals surface area contributed by atoms with Crippen molar-refractivity contribution in [1.29, 1.82) is 0 Å². The van der Waals surface area contributed by atoms with Crippen LogP contribution in [0.1, 0.15) is 11.1 Å². The van der Waals surface area contributed by atoms with Gasteiger partial charge in [-0.15, -0.1) is 0 Å². The molecule has 0 aliphatic carbocycles. The predicted molar refractivity (Wildman–Crippen MR) is 161 cm³/mol. The number of benzene rings is 4. The molecule has 4 aromatic carbocycles. The molecule has 0 fully saturated rings. The molecule has 6 rings (SSSR count). The molecule has 2 aliphatic heterocycles. The van der Waals surface area contributed by atoms with Crippen molar-refractivity contribution in [1.82, 2.24) is 9.80 Å². The van der Waals surface area contributed by atoms with Gasteiger partial charge in [0.2, 0.25) is 0 Å². The van der Waals surface area contributed by atoms with Gasteiger partial charge in [-0.2, -0.15) is 0 Å². The molecule has 4 aromatic rings. The molecule has 2 heterocycles. The summed E-state index contributed by atoms with van der Waals surface area (Å²) in [5.41, 5.74) is 12.1. The summed E-state index contributed by atoms with van der Waals surface area (Å²) in [5.74, 6) is 0. The molecule has 0 N–H and O–H groups in total. The highest BCUT2D eigenvalue weighted by Crippen LogP contribution is 2.37. The second-order valence-electron chi connectivity index (χ2n) is 9.65. The summed E-state index contributed by atoms with van der Waals surface area (Å²) in [6, 6.07) is 38.5. The normalized spacial score (nSPS) is 16.9. The van der Waals surface area contributed by atoms with E-state index in [4.69, 9.17) is 0 Å². The summed E-state index contributed by atoms with van der Waals surface area (Å²) in [5, 5.41) is 0. The summed E-state index contributed by atoms with van der Waals surface area (Å²) >= 11 is 0. The third kappa shape index (κ3) is 4.53. The molecule has 0 unspecified atom stereocenters. The van der Waals surface area contributed by atoms with Crippen molar-refractivity contribution >= 4 is 11.4 Å². The van der Waals surface area contributed by atoms with Gasteiger partial charge in [-0.1, -0.05) is 109 Å². The first-order chi connectivity index (χ1) is 18.7. The summed E-state index contributed by atoms with van der Waals surface area (Å²) < 4.78 is 0. The highest BCUT2D eigenvalue weighted by atomic mass is 15.1. The standard InChI is InChI=1S/C36H30N2/c1-37-23-21-29(25-35(37)33-19-11-9-17-31(33)27-13-5-3-6-14-27)30-22-24-38(2)36(26-30)34-20-12-10-18-32(34)28-15-7-4-8-16-28/h3-26H,1-2H3/b30-29+. The van der Waals surface area contributed by atoms with E-state index < -0.39 is 0 Å². The minimum atomic E-state index is 1.18. The third-order valence-corrected chi connectivity index (χ3v) is 7.21. The SMILES string of the molecule is CN1C=C/C(=C2/C=CN(C)C(c3ccccc3-c3ccccc3)=C2)C=C1c1ccccc1-c1ccccc1. The van der Waals surface area contributed by atoms with Crippen LogP contribution >= 0.6 is 0 Å². The van der Waals surface area contributed by atoms with Gasteiger partial charge >= 0.3 is 0 Å². The van der Waals surface area contributed by atoms with Crippen molar-refractivity contribution < 1.29 is 0 Å². The molecule has 0 aromatic heterocycles. The molecule has 2 aliphatic rings. The average molecular weight is 491 g/mol. The minimum absolute atomic E-state index is 1.18. The summed E-state index contributed by atoms with van der Waals surface area (Å²) in [4.78, 5) is 4.42. The van der Waals surface area contributed by atoms with Crippen LogP contribution in [0, 0.1) is 0 Å².